The van der Waals surface area contributed by atoms with Gasteiger partial charge >= 0.3 is 0 Å². The van der Waals surface area contributed by atoms with Crippen molar-refractivity contribution < 1.29 is 9.50 Å². The molecule has 4 saturated carbocycles. The minimum absolute atomic E-state index is 0.0413. The highest BCUT2D eigenvalue weighted by atomic mass is 19.1. The lowest BCUT2D eigenvalue weighted by Gasteiger charge is -2.62. The lowest BCUT2D eigenvalue weighted by molar-refractivity contribution is -0.0754. The molecule has 28 heavy (non-hydrogen) atoms. The zero-order valence-corrected chi connectivity index (χ0v) is 17.1. The Hall–Kier alpha value is -1.61. The number of allylic oxidation sites excluding steroid dienone is 1. The van der Waals surface area contributed by atoms with Gasteiger partial charge in [-0.1, -0.05) is 32.1 Å². The number of aliphatic hydroxyl groups is 1. The number of rotatable bonds is 4. The summed E-state index contributed by atoms with van der Waals surface area (Å²) in [5.74, 6) is 2.85. The highest BCUT2D eigenvalue weighted by molar-refractivity contribution is 5.81. The Bertz CT molecular complexity index is 784. The lowest BCUT2D eigenvalue weighted by atomic mass is 9.52. The normalized spacial score (nSPS) is 34.4. The maximum absolute atomic E-state index is 13.4. The molecule has 0 amide bonds. The third-order valence-corrected chi connectivity index (χ3v) is 7.84. The van der Waals surface area contributed by atoms with E-state index in [0.717, 1.165) is 41.0 Å². The first-order chi connectivity index (χ1) is 13.5. The van der Waals surface area contributed by atoms with Crippen LogP contribution in [0.3, 0.4) is 0 Å². The Kier molecular flexibility index (Phi) is 4.42. The summed E-state index contributed by atoms with van der Waals surface area (Å²) in [6.45, 7) is 5.47. The van der Waals surface area contributed by atoms with Crippen molar-refractivity contribution in [3.63, 3.8) is 0 Å². The maximum atomic E-state index is 13.4. The van der Waals surface area contributed by atoms with Crippen LogP contribution in [-0.4, -0.2) is 28.7 Å². The fourth-order valence-electron chi connectivity index (χ4n) is 7.30. The van der Waals surface area contributed by atoms with Gasteiger partial charge in [0.15, 0.2) is 0 Å². The van der Waals surface area contributed by atoms with Gasteiger partial charge in [-0.05, 0) is 85.5 Å². The van der Waals surface area contributed by atoms with Crippen molar-refractivity contribution in [3.05, 3.63) is 53.0 Å². The predicted molar refractivity (Wildman–Crippen MR) is 111 cm³/mol. The van der Waals surface area contributed by atoms with Crippen molar-refractivity contribution in [2.45, 2.75) is 57.9 Å². The summed E-state index contributed by atoms with van der Waals surface area (Å²) < 4.78 is 13.4. The van der Waals surface area contributed by atoms with Gasteiger partial charge in [-0.25, -0.2) is 4.39 Å². The van der Waals surface area contributed by atoms with E-state index in [4.69, 9.17) is 0 Å². The molecule has 2 nitrogen and oxygen atoms in total. The van der Waals surface area contributed by atoms with Crippen LogP contribution in [-0.2, 0) is 0 Å². The van der Waals surface area contributed by atoms with Crippen molar-refractivity contribution in [2.24, 2.45) is 23.7 Å². The third-order valence-electron chi connectivity index (χ3n) is 7.84. The molecule has 6 rings (SSSR count). The van der Waals surface area contributed by atoms with Gasteiger partial charge in [-0.2, -0.15) is 0 Å². The van der Waals surface area contributed by atoms with E-state index < -0.39 is 0 Å². The van der Waals surface area contributed by atoms with E-state index >= 15 is 0 Å². The molecule has 1 aromatic rings. The second-order valence-corrected chi connectivity index (χ2v) is 10.1. The molecule has 1 aromatic carbocycles. The summed E-state index contributed by atoms with van der Waals surface area (Å²) in [4.78, 5) is 2.70. The standard InChI is InChI=1S/C25H32FNO/c1-16(2)24-23(15-28)22(20-3-5-21(26)6-4-20)7-8-27(24)25-12-17-9-18(13-25)11-19(10-17)14-25/h3-7,16-19,28H,8-15H2,1-2H3. The fourth-order valence-corrected chi connectivity index (χ4v) is 7.30. The van der Waals surface area contributed by atoms with Crippen molar-refractivity contribution >= 4 is 5.57 Å². The van der Waals surface area contributed by atoms with Gasteiger partial charge in [-0.15, -0.1) is 0 Å². The molecule has 0 spiro atoms. The Morgan fingerprint density at radius 3 is 2.11 bits per heavy atom. The predicted octanol–water partition coefficient (Wildman–Crippen LogP) is 5.40. The van der Waals surface area contributed by atoms with Gasteiger partial charge in [-0.3, -0.25) is 0 Å². The fraction of sp³-hybridized carbons (Fsp3) is 0.600. The van der Waals surface area contributed by atoms with Crippen LogP contribution in [0, 0.1) is 29.5 Å². The summed E-state index contributed by atoms with van der Waals surface area (Å²) in [7, 11) is 0. The average molecular weight is 382 g/mol. The zero-order valence-electron chi connectivity index (χ0n) is 17.1. The van der Waals surface area contributed by atoms with Gasteiger partial charge in [0.25, 0.3) is 0 Å². The molecule has 4 bridgehead atoms. The first-order valence-electron chi connectivity index (χ1n) is 11.1. The van der Waals surface area contributed by atoms with Crippen LogP contribution in [0.15, 0.2) is 41.6 Å². The molecule has 1 N–H and O–H groups in total. The van der Waals surface area contributed by atoms with Crippen molar-refractivity contribution in [3.8, 4) is 0 Å². The first kappa shape index (κ1) is 18.4. The minimum Gasteiger partial charge on any atom is -0.392 e. The summed E-state index contributed by atoms with van der Waals surface area (Å²) in [6, 6.07) is 6.72. The van der Waals surface area contributed by atoms with Gasteiger partial charge in [0.05, 0.1) is 6.61 Å². The average Bonchev–Trinajstić information content (AvgIpc) is 2.66. The Morgan fingerprint density at radius 2 is 1.61 bits per heavy atom. The van der Waals surface area contributed by atoms with Crippen LogP contribution in [0.4, 0.5) is 4.39 Å². The smallest absolute Gasteiger partial charge is 0.123 e. The second kappa shape index (κ2) is 6.73. The third kappa shape index (κ3) is 2.85. The molecule has 0 atom stereocenters. The molecular formula is C25H32FNO. The van der Waals surface area contributed by atoms with Crippen LogP contribution in [0.2, 0.25) is 0 Å². The molecule has 150 valence electrons. The van der Waals surface area contributed by atoms with E-state index in [9.17, 15) is 9.50 Å². The van der Waals surface area contributed by atoms with Crippen LogP contribution >= 0.6 is 0 Å². The second-order valence-electron chi connectivity index (χ2n) is 10.1. The van der Waals surface area contributed by atoms with E-state index in [1.807, 2.05) is 12.1 Å². The Morgan fingerprint density at radius 1 is 1.04 bits per heavy atom. The molecular weight excluding hydrogens is 349 g/mol. The molecule has 0 aromatic heterocycles. The lowest BCUT2D eigenvalue weighted by Crippen LogP contribution is -2.60. The van der Waals surface area contributed by atoms with Crippen molar-refractivity contribution in [1.82, 2.24) is 4.90 Å². The van der Waals surface area contributed by atoms with Crippen LogP contribution in [0.5, 0.6) is 0 Å². The quantitative estimate of drug-likeness (QED) is 0.755. The Balaban J connectivity index is 1.56. The number of nitrogens with zero attached hydrogens (tertiary/aromatic N) is 1. The van der Waals surface area contributed by atoms with E-state index in [2.05, 4.69) is 24.8 Å². The van der Waals surface area contributed by atoms with Gasteiger partial charge in [0.1, 0.15) is 5.82 Å². The number of hydrogen-bond acceptors (Lipinski definition) is 2. The maximum Gasteiger partial charge on any atom is 0.123 e. The van der Waals surface area contributed by atoms with Crippen molar-refractivity contribution in [2.75, 3.05) is 13.2 Å². The molecule has 3 heteroatoms. The van der Waals surface area contributed by atoms with Crippen LogP contribution in [0.25, 0.3) is 5.57 Å². The van der Waals surface area contributed by atoms with E-state index in [1.54, 1.807) is 0 Å². The molecule has 4 fully saturated rings. The highest BCUT2D eigenvalue weighted by Gasteiger charge is 2.54. The first-order valence-corrected chi connectivity index (χ1v) is 11.1. The summed E-state index contributed by atoms with van der Waals surface area (Å²) in [5, 5.41) is 10.4. The largest absolute Gasteiger partial charge is 0.392 e. The zero-order chi connectivity index (χ0) is 19.5. The van der Waals surface area contributed by atoms with Gasteiger partial charge in [0.2, 0.25) is 0 Å². The topological polar surface area (TPSA) is 23.5 Å². The number of benzene rings is 1. The van der Waals surface area contributed by atoms with Gasteiger partial charge < -0.3 is 10.0 Å². The SMILES string of the molecule is CC(C)C1=C(CO)C(c2ccc(F)cc2)=CCN1C12CC3CC(CC(C3)C1)C2. The molecule has 0 unspecified atom stereocenters. The molecule has 1 heterocycles. The van der Waals surface area contributed by atoms with Crippen molar-refractivity contribution in [1.29, 1.82) is 0 Å². The number of aliphatic hydroxyl groups excluding tert-OH is 1. The molecule has 0 radical (unpaired) electrons. The van der Waals surface area contributed by atoms with Gasteiger partial charge in [0, 0.05) is 23.4 Å². The minimum atomic E-state index is -0.214. The molecule has 5 aliphatic rings. The Labute approximate surface area is 168 Å². The highest BCUT2D eigenvalue weighted by Crippen LogP contribution is 2.59. The molecule has 0 saturated heterocycles. The number of halogens is 1. The molecule has 1 aliphatic heterocycles. The number of hydrogen-bond donors (Lipinski definition) is 1. The summed E-state index contributed by atoms with van der Waals surface area (Å²) >= 11 is 0. The summed E-state index contributed by atoms with van der Waals surface area (Å²) in [6.07, 6.45) is 10.6. The van der Waals surface area contributed by atoms with Crippen LogP contribution < -0.4 is 0 Å². The summed E-state index contributed by atoms with van der Waals surface area (Å²) in [5.41, 5.74) is 4.76. The van der Waals surface area contributed by atoms with E-state index in [-0.39, 0.29) is 12.4 Å². The monoisotopic (exact) mass is 381 g/mol. The van der Waals surface area contributed by atoms with E-state index in [0.29, 0.717) is 11.5 Å². The van der Waals surface area contributed by atoms with Crippen LogP contribution in [0.1, 0.15) is 57.9 Å². The van der Waals surface area contributed by atoms with E-state index in [1.165, 1.54) is 56.4 Å². The molecule has 4 aliphatic carbocycles.